The first-order valence-electron chi connectivity index (χ1n) is 6.07. The molecule has 19 heavy (non-hydrogen) atoms. The molecule has 0 spiro atoms. The van der Waals surface area contributed by atoms with E-state index in [9.17, 15) is 0 Å². The molecule has 3 aromatic rings. The predicted molar refractivity (Wildman–Crippen MR) is 85.2 cm³/mol. The lowest BCUT2D eigenvalue weighted by atomic mass is 10.2. The van der Waals surface area contributed by atoms with E-state index in [4.69, 9.17) is 0 Å². The second kappa shape index (κ2) is 5.63. The zero-order valence-electron chi connectivity index (χ0n) is 10.6. The average Bonchev–Trinajstić information content (AvgIpc) is 2.88. The molecule has 96 valence electrons. The zero-order chi connectivity index (χ0) is 13.1. The normalized spacial score (nSPS) is 10.8. The van der Waals surface area contributed by atoms with E-state index < -0.39 is 0 Å². The predicted octanol–water partition coefficient (Wildman–Crippen LogP) is 4.63. The summed E-state index contributed by atoms with van der Waals surface area (Å²) in [6, 6.07) is 16.8. The van der Waals surface area contributed by atoms with Crippen LogP contribution in [-0.4, -0.2) is 11.2 Å². The molecule has 0 unspecified atom stereocenters. The molecule has 0 saturated carbocycles. The Kier molecular flexibility index (Phi) is 3.71. The van der Waals surface area contributed by atoms with Crippen LogP contribution in [-0.2, 0) is 6.54 Å². The first-order valence-corrected chi connectivity index (χ1v) is 8.11. The molecule has 0 aliphatic heterocycles. The van der Waals surface area contributed by atoms with E-state index in [0.717, 1.165) is 17.2 Å². The summed E-state index contributed by atoms with van der Waals surface area (Å²) in [4.78, 5) is 5.88. The number of benzene rings is 2. The van der Waals surface area contributed by atoms with Crippen molar-refractivity contribution in [3.05, 3.63) is 54.1 Å². The van der Waals surface area contributed by atoms with Crippen molar-refractivity contribution in [2.24, 2.45) is 0 Å². The lowest BCUT2D eigenvalue weighted by Gasteiger charge is -2.01. The van der Waals surface area contributed by atoms with Gasteiger partial charge in [0.25, 0.3) is 0 Å². The van der Waals surface area contributed by atoms with Gasteiger partial charge in [-0.05, 0) is 30.0 Å². The van der Waals surface area contributed by atoms with Gasteiger partial charge in [-0.25, -0.2) is 4.98 Å². The third kappa shape index (κ3) is 2.91. The number of anilines is 1. The maximum atomic E-state index is 4.60. The summed E-state index contributed by atoms with van der Waals surface area (Å²) in [5.74, 6) is 0. The maximum Gasteiger partial charge on any atom is 0.184 e. The Labute approximate surface area is 120 Å². The van der Waals surface area contributed by atoms with Gasteiger partial charge < -0.3 is 5.32 Å². The fourth-order valence-electron chi connectivity index (χ4n) is 1.88. The summed E-state index contributed by atoms with van der Waals surface area (Å²) in [6.07, 6.45) is 2.09. The summed E-state index contributed by atoms with van der Waals surface area (Å²) < 4.78 is 1.24. The Morgan fingerprint density at radius 2 is 2.00 bits per heavy atom. The third-order valence-electron chi connectivity index (χ3n) is 2.88. The molecule has 1 heterocycles. The van der Waals surface area contributed by atoms with Gasteiger partial charge in [0.05, 0.1) is 10.2 Å². The Hall–Kier alpha value is -1.52. The van der Waals surface area contributed by atoms with Crippen LogP contribution in [0.4, 0.5) is 5.13 Å². The largest absolute Gasteiger partial charge is 0.357 e. The molecular formula is C15H14N2S2. The highest BCUT2D eigenvalue weighted by Crippen LogP contribution is 2.29. The smallest absolute Gasteiger partial charge is 0.184 e. The van der Waals surface area contributed by atoms with Crippen molar-refractivity contribution in [3.8, 4) is 0 Å². The van der Waals surface area contributed by atoms with E-state index in [2.05, 4.69) is 59.0 Å². The van der Waals surface area contributed by atoms with Crippen molar-refractivity contribution in [2.75, 3.05) is 11.6 Å². The summed E-state index contributed by atoms with van der Waals surface area (Å²) in [7, 11) is 0. The van der Waals surface area contributed by atoms with Crippen LogP contribution in [0.5, 0.6) is 0 Å². The van der Waals surface area contributed by atoms with Crippen LogP contribution in [0.2, 0.25) is 0 Å². The van der Waals surface area contributed by atoms with Crippen molar-refractivity contribution in [2.45, 2.75) is 11.4 Å². The fourth-order valence-corrected chi connectivity index (χ4v) is 3.30. The Bertz CT molecular complexity index is 677. The van der Waals surface area contributed by atoms with Crippen LogP contribution in [0.3, 0.4) is 0 Å². The molecule has 0 aliphatic rings. The zero-order valence-corrected chi connectivity index (χ0v) is 12.2. The van der Waals surface area contributed by atoms with Gasteiger partial charge in [0.2, 0.25) is 0 Å². The summed E-state index contributed by atoms with van der Waals surface area (Å²) in [5.41, 5.74) is 2.34. The Balaban J connectivity index is 1.78. The van der Waals surface area contributed by atoms with Crippen LogP contribution < -0.4 is 5.32 Å². The number of nitrogens with one attached hydrogen (secondary N) is 1. The minimum atomic E-state index is 0.816. The molecule has 3 rings (SSSR count). The second-order valence-electron chi connectivity index (χ2n) is 4.19. The van der Waals surface area contributed by atoms with Crippen molar-refractivity contribution >= 4 is 38.4 Å². The average molecular weight is 286 g/mol. The SMILES string of the molecule is CSc1ccc2nc(NCc3ccccc3)sc2c1. The van der Waals surface area contributed by atoms with E-state index in [1.165, 1.54) is 15.2 Å². The van der Waals surface area contributed by atoms with Crippen molar-refractivity contribution in [3.63, 3.8) is 0 Å². The molecule has 1 N–H and O–H groups in total. The van der Waals surface area contributed by atoms with Gasteiger partial charge >= 0.3 is 0 Å². The van der Waals surface area contributed by atoms with E-state index in [1.807, 2.05) is 6.07 Å². The topological polar surface area (TPSA) is 24.9 Å². The molecule has 0 radical (unpaired) electrons. The number of thiazole rings is 1. The fraction of sp³-hybridized carbons (Fsp3) is 0.133. The highest BCUT2D eigenvalue weighted by molar-refractivity contribution is 7.98. The van der Waals surface area contributed by atoms with Gasteiger partial charge in [-0.15, -0.1) is 11.8 Å². The second-order valence-corrected chi connectivity index (χ2v) is 6.10. The lowest BCUT2D eigenvalue weighted by molar-refractivity contribution is 1.14. The first kappa shape index (κ1) is 12.5. The van der Waals surface area contributed by atoms with Gasteiger partial charge in [0.15, 0.2) is 5.13 Å². The summed E-state index contributed by atoms with van der Waals surface area (Å²) in [5, 5.41) is 4.37. The first-order chi connectivity index (χ1) is 9.35. The van der Waals surface area contributed by atoms with Crippen molar-refractivity contribution in [1.29, 1.82) is 0 Å². The standard InChI is InChI=1S/C15H14N2S2/c1-18-12-7-8-13-14(9-12)19-15(17-13)16-10-11-5-3-2-4-6-11/h2-9H,10H2,1H3,(H,16,17). The number of thioether (sulfide) groups is 1. The number of nitrogens with zero attached hydrogens (tertiary/aromatic N) is 1. The Morgan fingerprint density at radius 1 is 1.16 bits per heavy atom. The van der Waals surface area contributed by atoms with Crippen LogP contribution in [0, 0.1) is 0 Å². The Morgan fingerprint density at radius 3 is 2.79 bits per heavy atom. The number of fused-ring (bicyclic) bond motifs is 1. The number of hydrogen-bond donors (Lipinski definition) is 1. The highest BCUT2D eigenvalue weighted by Gasteiger charge is 2.04. The van der Waals surface area contributed by atoms with Crippen LogP contribution >= 0.6 is 23.1 Å². The molecular weight excluding hydrogens is 272 g/mol. The lowest BCUT2D eigenvalue weighted by Crippen LogP contribution is -1.97. The molecule has 0 bridgehead atoms. The minimum Gasteiger partial charge on any atom is -0.357 e. The summed E-state index contributed by atoms with van der Waals surface area (Å²) in [6.45, 7) is 0.816. The quantitative estimate of drug-likeness (QED) is 0.708. The van der Waals surface area contributed by atoms with Gasteiger partial charge in [-0.1, -0.05) is 41.7 Å². The van der Waals surface area contributed by atoms with Gasteiger partial charge in [-0.3, -0.25) is 0 Å². The molecule has 4 heteroatoms. The van der Waals surface area contributed by atoms with E-state index >= 15 is 0 Å². The minimum absolute atomic E-state index is 0.816. The number of aromatic nitrogens is 1. The molecule has 1 aromatic heterocycles. The molecule has 2 aromatic carbocycles. The van der Waals surface area contributed by atoms with Crippen LogP contribution in [0.15, 0.2) is 53.4 Å². The molecule has 2 nitrogen and oxygen atoms in total. The maximum absolute atomic E-state index is 4.60. The van der Waals surface area contributed by atoms with Crippen LogP contribution in [0.25, 0.3) is 10.2 Å². The number of hydrogen-bond acceptors (Lipinski definition) is 4. The van der Waals surface area contributed by atoms with E-state index in [-0.39, 0.29) is 0 Å². The van der Waals surface area contributed by atoms with Crippen molar-refractivity contribution in [1.82, 2.24) is 4.98 Å². The summed E-state index contributed by atoms with van der Waals surface area (Å²) >= 11 is 3.47. The number of rotatable bonds is 4. The van der Waals surface area contributed by atoms with Gasteiger partial charge in [-0.2, -0.15) is 0 Å². The van der Waals surface area contributed by atoms with Gasteiger partial charge in [0, 0.05) is 11.4 Å². The monoisotopic (exact) mass is 286 g/mol. The molecule has 0 fully saturated rings. The molecule has 0 saturated heterocycles. The van der Waals surface area contributed by atoms with E-state index in [0.29, 0.717) is 0 Å². The molecule has 0 atom stereocenters. The molecule has 0 aliphatic carbocycles. The van der Waals surface area contributed by atoms with Crippen molar-refractivity contribution < 1.29 is 0 Å². The highest BCUT2D eigenvalue weighted by atomic mass is 32.2. The van der Waals surface area contributed by atoms with Gasteiger partial charge in [0.1, 0.15) is 0 Å². The third-order valence-corrected chi connectivity index (χ3v) is 4.58. The molecule has 0 amide bonds. The van der Waals surface area contributed by atoms with Crippen LogP contribution in [0.1, 0.15) is 5.56 Å². The van der Waals surface area contributed by atoms with E-state index in [1.54, 1.807) is 23.1 Å².